The lowest BCUT2D eigenvalue weighted by Crippen LogP contribution is -2.39. The number of aromatic nitrogens is 1. The van der Waals surface area contributed by atoms with E-state index < -0.39 is 18.0 Å². The lowest BCUT2D eigenvalue weighted by Gasteiger charge is -2.18. The number of urea groups is 2. The van der Waals surface area contributed by atoms with Gasteiger partial charge in [0.05, 0.1) is 30.0 Å². The third kappa shape index (κ3) is 4.28. The Labute approximate surface area is 217 Å². The van der Waals surface area contributed by atoms with Crippen LogP contribution in [-0.2, 0) is 11.4 Å². The normalized spacial score (nSPS) is 15.7. The zero-order chi connectivity index (χ0) is 27.1. The van der Waals surface area contributed by atoms with Gasteiger partial charge in [-0.2, -0.15) is 0 Å². The second kappa shape index (κ2) is 9.52. The summed E-state index contributed by atoms with van der Waals surface area (Å²) in [4.78, 5) is 55.6. The molecule has 1 saturated heterocycles. The summed E-state index contributed by atoms with van der Waals surface area (Å²) in [5.74, 6) is -1.40. The second-order valence-corrected chi connectivity index (χ2v) is 9.08. The summed E-state index contributed by atoms with van der Waals surface area (Å²) < 4.78 is 0. The number of nitrogens with zero attached hydrogens (tertiary/aromatic N) is 2. The van der Waals surface area contributed by atoms with Crippen LogP contribution in [0.5, 0.6) is 0 Å². The minimum absolute atomic E-state index is 0.0990. The van der Waals surface area contributed by atoms with Gasteiger partial charge in [0, 0.05) is 34.9 Å². The van der Waals surface area contributed by atoms with E-state index in [-0.39, 0.29) is 24.6 Å². The molecule has 3 heterocycles. The Morgan fingerprint density at radius 2 is 1.82 bits per heavy atom. The second-order valence-electron chi connectivity index (χ2n) is 9.08. The van der Waals surface area contributed by atoms with Crippen LogP contribution >= 0.6 is 0 Å². The number of aromatic amines is 1. The summed E-state index contributed by atoms with van der Waals surface area (Å²) in [5.41, 5.74) is 4.92. The average molecular weight is 516 g/mol. The number of hydrogen-bond donors (Lipinski definition) is 5. The molecule has 5 rings (SSSR count). The molecule has 2 aliphatic rings. The topological polar surface area (TPSA) is 155 Å². The Morgan fingerprint density at radius 3 is 2.47 bits per heavy atom. The highest BCUT2D eigenvalue weighted by atomic mass is 16.4. The van der Waals surface area contributed by atoms with Gasteiger partial charge >= 0.3 is 18.0 Å². The van der Waals surface area contributed by atoms with E-state index in [0.29, 0.717) is 51.7 Å². The first-order valence-electron chi connectivity index (χ1n) is 11.9. The smallest absolute Gasteiger partial charge is 0.337 e. The zero-order valence-electron chi connectivity index (χ0n) is 20.7. The highest BCUT2D eigenvalue weighted by Crippen LogP contribution is 2.36. The number of nitrogens with one attached hydrogen (secondary N) is 3. The molecule has 38 heavy (non-hydrogen) atoms. The van der Waals surface area contributed by atoms with Crippen molar-refractivity contribution in [2.24, 2.45) is 0 Å². The van der Waals surface area contributed by atoms with Crippen molar-refractivity contribution in [2.45, 2.75) is 20.5 Å². The number of aliphatic hydroxyl groups is 1. The third-order valence-electron chi connectivity index (χ3n) is 6.72. The van der Waals surface area contributed by atoms with E-state index in [2.05, 4.69) is 15.6 Å². The number of rotatable bonds is 5. The molecule has 0 unspecified atom stereocenters. The molecule has 3 aromatic rings. The molecule has 0 bridgehead atoms. The van der Waals surface area contributed by atoms with Crippen LogP contribution in [0.2, 0.25) is 0 Å². The Kier molecular flexibility index (Phi) is 6.21. The van der Waals surface area contributed by atoms with Crippen molar-refractivity contribution in [3.63, 3.8) is 0 Å². The minimum Gasteiger partial charge on any atom is -0.478 e. The molecule has 2 aromatic carbocycles. The van der Waals surface area contributed by atoms with Gasteiger partial charge in [-0.15, -0.1) is 0 Å². The maximum atomic E-state index is 12.9. The molecule has 11 nitrogen and oxygen atoms in total. The van der Waals surface area contributed by atoms with Gasteiger partial charge in [0.1, 0.15) is 0 Å². The summed E-state index contributed by atoms with van der Waals surface area (Å²) in [6.07, 6.45) is 1.61. The van der Waals surface area contributed by atoms with Crippen molar-refractivity contribution in [3.8, 4) is 0 Å². The van der Waals surface area contributed by atoms with Crippen molar-refractivity contribution in [1.29, 1.82) is 0 Å². The standard InChI is InChI=1S/C27H25N5O6/c1-14-21(28-15(2)23(14)25(35)36)12-20-19-8-5-17(11-22(19)30-24(20)34)29-26(37)32-10-9-31(27(32)38)18-6-3-16(13-33)4-7-18/h3-8,11-12,28,33H,9-10,13H2,1-2H3,(H,29,37)(H,30,34)(H,35,36). The van der Waals surface area contributed by atoms with Crippen molar-refractivity contribution < 1.29 is 29.4 Å². The number of carboxylic acids is 1. The van der Waals surface area contributed by atoms with E-state index in [1.165, 1.54) is 4.90 Å². The average Bonchev–Trinajstić information content (AvgIpc) is 3.51. The molecule has 2 aliphatic heterocycles. The van der Waals surface area contributed by atoms with E-state index in [1.807, 2.05) is 0 Å². The molecule has 194 valence electrons. The number of imide groups is 1. The fourth-order valence-corrected chi connectivity index (χ4v) is 4.74. The highest BCUT2D eigenvalue weighted by Gasteiger charge is 2.34. The molecule has 11 heteroatoms. The number of amides is 5. The SMILES string of the molecule is Cc1[nH]c(C=C2C(=O)Nc3cc(NC(=O)N4CCN(c5ccc(CO)cc5)C4=O)ccc32)c(C)c1C(=O)O. The molecule has 0 saturated carbocycles. The maximum Gasteiger partial charge on any atom is 0.337 e. The number of fused-ring (bicyclic) bond motifs is 1. The summed E-state index contributed by atoms with van der Waals surface area (Å²) in [6, 6.07) is 10.7. The fourth-order valence-electron chi connectivity index (χ4n) is 4.74. The van der Waals surface area contributed by atoms with E-state index in [0.717, 1.165) is 10.5 Å². The minimum atomic E-state index is -1.04. The lowest BCUT2D eigenvalue weighted by molar-refractivity contribution is -0.110. The molecule has 1 fully saturated rings. The van der Waals surface area contributed by atoms with Crippen LogP contribution < -0.4 is 15.5 Å². The summed E-state index contributed by atoms with van der Waals surface area (Å²) in [6.45, 7) is 3.77. The molecular weight excluding hydrogens is 490 g/mol. The Balaban J connectivity index is 1.32. The third-order valence-corrected chi connectivity index (χ3v) is 6.72. The molecule has 5 N–H and O–H groups in total. The van der Waals surface area contributed by atoms with Crippen LogP contribution in [0.1, 0.15) is 38.4 Å². The van der Waals surface area contributed by atoms with E-state index in [4.69, 9.17) is 0 Å². The molecule has 0 aliphatic carbocycles. The van der Waals surface area contributed by atoms with Gasteiger partial charge in [-0.05, 0) is 55.3 Å². The van der Waals surface area contributed by atoms with Crippen molar-refractivity contribution in [3.05, 3.63) is 76.1 Å². The van der Waals surface area contributed by atoms with Crippen molar-refractivity contribution in [1.82, 2.24) is 9.88 Å². The van der Waals surface area contributed by atoms with Gasteiger partial charge in [0.2, 0.25) is 0 Å². The van der Waals surface area contributed by atoms with Gasteiger partial charge in [-0.1, -0.05) is 18.2 Å². The van der Waals surface area contributed by atoms with Gasteiger partial charge < -0.3 is 25.8 Å². The summed E-state index contributed by atoms with van der Waals surface area (Å²) in [5, 5.41) is 24.1. The highest BCUT2D eigenvalue weighted by molar-refractivity contribution is 6.35. The molecule has 0 atom stereocenters. The van der Waals surface area contributed by atoms with Crippen LogP contribution in [0, 0.1) is 13.8 Å². The molecule has 1 aromatic heterocycles. The predicted octanol–water partition coefficient (Wildman–Crippen LogP) is 3.79. The first kappa shape index (κ1) is 24.8. The van der Waals surface area contributed by atoms with Crippen molar-refractivity contribution in [2.75, 3.05) is 28.6 Å². The van der Waals surface area contributed by atoms with Crippen LogP contribution in [-0.4, -0.2) is 57.1 Å². The monoisotopic (exact) mass is 515 g/mol. The molecule has 0 spiro atoms. The number of aliphatic hydroxyl groups excluding tert-OH is 1. The van der Waals surface area contributed by atoms with Gasteiger partial charge in [0.15, 0.2) is 0 Å². The van der Waals surface area contributed by atoms with Crippen LogP contribution in [0.3, 0.4) is 0 Å². The number of anilines is 3. The van der Waals surface area contributed by atoms with Crippen LogP contribution in [0.4, 0.5) is 26.7 Å². The number of carboxylic acid groups (broad SMARTS) is 1. The van der Waals surface area contributed by atoms with Crippen molar-refractivity contribution >= 4 is 52.6 Å². The number of carbonyl (C=O) groups is 4. The quantitative estimate of drug-likeness (QED) is 0.326. The Bertz CT molecular complexity index is 1520. The van der Waals surface area contributed by atoms with Gasteiger partial charge in [0.25, 0.3) is 5.91 Å². The summed E-state index contributed by atoms with van der Waals surface area (Å²) >= 11 is 0. The number of carbonyl (C=O) groups excluding carboxylic acids is 3. The number of hydrogen-bond acceptors (Lipinski definition) is 5. The molecule has 0 radical (unpaired) electrons. The van der Waals surface area contributed by atoms with Gasteiger partial charge in [-0.3, -0.25) is 9.69 Å². The Morgan fingerprint density at radius 1 is 1.08 bits per heavy atom. The maximum absolute atomic E-state index is 12.9. The fraction of sp³-hybridized carbons (Fsp3) is 0.185. The summed E-state index contributed by atoms with van der Waals surface area (Å²) in [7, 11) is 0. The van der Waals surface area contributed by atoms with Crippen LogP contribution in [0.25, 0.3) is 11.6 Å². The number of H-pyrrole nitrogens is 1. The van der Waals surface area contributed by atoms with E-state index >= 15 is 0 Å². The lowest BCUT2D eigenvalue weighted by atomic mass is 10.0. The largest absolute Gasteiger partial charge is 0.478 e. The number of aromatic carboxylic acids is 1. The van der Waals surface area contributed by atoms with Gasteiger partial charge in [-0.25, -0.2) is 19.3 Å². The van der Waals surface area contributed by atoms with Crippen LogP contribution in [0.15, 0.2) is 42.5 Å². The Hall–Kier alpha value is -4.90. The molecule has 5 amide bonds. The first-order chi connectivity index (χ1) is 18.2. The van der Waals surface area contributed by atoms with E-state index in [9.17, 15) is 29.4 Å². The van der Waals surface area contributed by atoms with E-state index in [1.54, 1.807) is 62.4 Å². The molecular formula is C27H25N5O6. The first-order valence-corrected chi connectivity index (χ1v) is 11.9. The predicted molar refractivity (Wildman–Crippen MR) is 141 cm³/mol. The number of benzene rings is 2. The number of aryl methyl sites for hydroxylation is 1. The zero-order valence-corrected chi connectivity index (χ0v) is 20.7.